The largest absolute Gasteiger partial charge is 0.507 e. The second-order valence-electron chi connectivity index (χ2n) is 7.33. The van der Waals surface area contributed by atoms with E-state index in [1.807, 2.05) is 67.6 Å². The molecule has 2 aromatic heterocycles. The van der Waals surface area contributed by atoms with Crippen LogP contribution in [0, 0.1) is 6.92 Å². The van der Waals surface area contributed by atoms with Gasteiger partial charge in [-0.05, 0) is 36.8 Å². The van der Waals surface area contributed by atoms with Crippen molar-refractivity contribution in [2.75, 3.05) is 5.32 Å². The molecule has 0 atom stereocenters. The predicted molar refractivity (Wildman–Crippen MR) is 121 cm³/mol. The van der Waals surface area contributed by atoms with Gasteiger partial charge in [-0.3, -0.25) is 0 Å². The minimum absolute atomic E-state index is 0.142. The lowest BCUT2D eigenvalue weighted by Gasteiger charge is -2.11. The molecular formula is C25H20N4O2. The number of rotatable bonds is 5. The highest BCUT2D eigenvalue weighted by Gasteiger charge is 2.13. The standard InChI is InChI=1S/C25H20N4O2/c1-16-11-12-19-22(13-16)27-25(20-9-5-6-10-23(20)30)28-24(19)26-15-18-14-21(29-31-18)17-7-3-2-4-8-17/h2-14,30H,15H2,1H3,(H,26,27,28). The number of hydrogen-bond acceptors (Lipinski definition) is 6. The first kappa shape index (κ1) is 18.8. The number of benzene rings is 3. The lowest BCUT2D eigenvalue weighted by molar-refractivity contribution is 0.390. The van der Waals surface area contributed by atoms with Crippen LogP contribution in [0.25, 0.3) is 33.5 Å². The molecule has 0 aliphatic heterocycles. The molecule has 0 aliphatic carbocycles. The summed E-state index contributed by atoms with van der Waals surface area (Å²) in [6.07, 6.45) is 0. The molecule has 0 radical (unpaired) electrons. The molecule has 0 saturated heterocycles. The zero-order chi connectivity index (χ0) is 21.2. The van der Waals surface area contributed by atoms with Crippen molar-refractivity contribution in [1.82, 2.24) is 15.1 Å². The molecule has 0 unspecified atom stereocenters. The van der Waals surface area contributed by atoms with E-state index >= 15 is 0 Å². The molecule has 31 heavy (non-hydrogen) atoms. The Kier molecular flexibility index (Phi) is 4.80. The zero-order valence-corrected chi connectivity index (χ0v) is 16.9. The minimum Gasteiger partial charge on any atom is -0.507 e. The topological polar surface area (TPSA) is 84.1 Å². The monoisotopic (exact) mass is 408 g/mol. The van der Waals surface area contributed by atoms with Crippen LogP contribution in [0.3, 0.4) is 0 Å². The second-order valence-corrected chi connectivity index (χ2v) is 7.33. The fourth-order valence-electron chi connectivity index (χ4n) is 3.47. The number of phenolic OH excluding ortho intramolecular Hbond substituents is 1. The Bertz CT molecular complexity index is 1360. The third-order valence-corrected chi connectivity index (χ3v) is 5.06. The summed E-state index contributed by atoms with van der Waals surface area (Å²) < 4.78 is 5.51. The molecule has 0 saturated carbocycles. The average Bonchev–Trinajstić information content (AvgIpc) is 3.27. The van der Waals surface area contributed by atoms with Crippen molar-refractivity contribution in [3.8, 4) is 28.4 Å². The maximum absolute atomic E-state index is 10.3. The van der Waals surface area contributed by atoms with Gasteiger partial charge in [0.1, 0.15) is 17.3 Å². The summed E-state index contributed by atoms with van der Waals surface area (Å²) in [5.74, 6) is 1.96. The molecule has 3 aromatic carbocycles. The maximum Gasteiger partial charge on any atom is 0.165 e. The summed E-state index contributed by atoms with van der Waals surface area (Å²) in [6, 6.07) is 24.9. The van der Waals surface area contributed by atoms with Crippen LogP contribution in [-0.2, 0) is 6.54 Å². The molecule has 0 fully saturated rings. The van der Waals surface area contributed by atoms with Crippen LogP contribution in [0.5, 0.6) is 5.75 Å². The number of phenols is 1. The van der Waals surface area contributed by atoms with E-state index in [9.17, 15) is 5.11 Å². The van der Waals surface area contributed by atoms with Crippen molar-refractivity contribution >= 4 is 16.7 Å². The number of anilines is 1. The van der Waals surface area contributed by atoms with E-state index in [1.165, 1.54) is 0 Å². The third kappa shape index (κ3) is 3.83. The van der Waals surface area contributed by atoms with E-state index in [2.05, 4.69) is 15.5 Å². The van der Waals surface area contributed by atoms with Gasteiger partial charge in [0, 0.05) is 17.0 Å². The summed E-state index contributed by atoms with van der Waals surface area (Å²) in [5.41, 5.74) is 4.28. The molecule has 0 bridgehead atoms. The van der Waals surface area contributed by atoms with Crippen molar-refractivity contribution in [2.24, 2.45) is 0 Å². The molecule has 5 rings (SSSR count). The summed E-state index contributed by atoms with van der Waals surface area (Å²) in [4.78, 5) is 9.38. The summed E-state index contributed by atoms with van der Waals surface area (Å²) in [5, 5.41) is 18.7. The molecule has 2 heterocycles. The van der Waals surface area contributed by atoms with Crippen LogP contribution in [0.2, 0.25) is 0 Å². The van der Waals surface area contributed by atoms with Crippen LogP contribution in [-0.4, -0.2) is 20.2 Å². The molecule has 2 N–H and O–H groups in total. The summed E-state index contributed by atoms with van der Waals surface area (Å²) in [7, 11) is 0. The van der Waals surface area contributed by atoms with Gasteiger partial charge in [0.05, 0.1) is 17.6 Å². The molecule has 5 aromatic rings. The molecule has 6 heteroatoms. The van der Waals surface area contributed by atoms with Gasteiger partial charge >= 0.3 is 0 Å². The Hall–Kier alpha value is -4.19. The Morgan fingerprint density at radius 2 is 1.71 bits per heavy atom. The van der Waals surface area contributed by atoms with E-state index in [1.54, 1.807) is 18.2 Å². The van der Waals surface area contributed by atoms with Gasteiger partial charge in [-0.15, -0.1) is 0 Å². The number of aryl methyl sites for hydroxylation is 1. The summed E-state index contributed by atoms with van der Waals surface area (Å²) in [6.45, 7) is 2.44. The first-order valence-corrected chi connectivity index (χ1v) is 9.99. The van der Waals surface area contributed by atoms with E-state index < -0.39 is 0 Å². The highest BCUT2D eigenvalue weighted by Crippen LogP contribution is 2.30. The number of para-hydroxylation sites is 1. The van der Waals surface area contributed by atoms with E-state index in [0.29, 0.717) is 29.5 Å². The predicted octanol–water partition coefficient (Wildman–Crippen LogP) is 5.58. The van der Waals surface area contributed by atoms with Crippen LogP contribution < -0.4 is 5.32 Å². The normalized spacial score (nSPS) is 11.0. The van der Waals surface area contributed by atoms with Gasteiger partial charge in [-0.1, -0.05) is 53.7 Å². The smallest absolute Gasteiger partial charge is 0.165 e. The van der Waals surface area contributed by atoms with Crippen molar-refractivity contribution in [1.29, 1.82) is 0 Å². The van der Waals surface area contributed by atoms with Crippen LogP contribution in [0.1, 0.15) is 11.3 Å². The lowest BCUT2D eigenvalue weighted by Crippen LogP contribution is -2.04. The number of aromatic nitrogens is 3. The highest BCUT2D eigenvalue weighted by atomic mass is 16.5. The van der Waals surface area contributed by atoms with Gasteiger partial charge in [0.2, 0.25) is 0 Å². The first-order valence-electron chi connectivity index (χ1n) is 9.99. The van der Waals surface area contributed by atoms with Gasteiger partial charge < -0.3 is 14.9 Å². The molecule has 152 valence electrons. The van der Waals surface area contributed by atoms with Gasteiger partial charge in [-0.25, -0.2) is 9.97 Å². The molecule has 0 aliphatic rings. The average molecular weight is 408 g/mol. The van der Waals surface area contributed by atoms with Crippen LogP contribution in [0.15, 0.2) is 83.4 Å². The Labute approximate surface area is 179 Å². The number of hydrogen-bond donors (Lipinski definition) is 2. The zero-order valence-electron chi connectivity index (χ0n) is 16.9. The molecular weight excluding hydrogens is 388 g/mol. The fourth-order valence-corrected chi connectivity index (χ4v) is 3.47. The van der Waals surface area contributed by atoms with E-state index in [4.69, 9.17) is 9.51 Å². The molecule has 0 spiro atoms. The quantitative estimate of drug-likeness (QED) is 0.395. The Morgan fingerprint density at radius 3 is 2.55 bits per heavy atom. The Morgan fingerprint density at radius 1 is 0.903 bits per heavy atom. The van der Waals surface area contributed by atoms with Crippen molar-refractivity contribution in [2.45, 2.75) is 13.5 Å². The van der Waals surface area contributed by atoms with Crippen LogP contribution in [0.4, 0.5) is 5.82 Å². The van der Waals surface area contributed by atoms with Crippen molar-refractivity contribution < 1.29 is 9.63 Å². The summed E-state index contributed by atoms with van der Waals surface area (Å²) >= 11 is 0. The van der Waals surface area contributed by atoms with E-state index in [0.717, 1.165) is 27.7 Å². The highest BCUT2D eigenvalue weighted by molar-refractivity contribution is 5.91. The first-order chi connectivity index (χ1) is 15.2. The van der Waals surface area contributed by atoms with Crippen molar-refractivity contribution in [3.05, 3.63) is 90.2 Å². The SMILES string of the molecule is Cc1ccc2c(NCc3cc(-c4ccccc4)no3)nc(-c3ccccc3O)nc2c1. The lowest BCUT2D eigenvalue weighted by atomic mass is 10.1. The molecule has 0 amide bonds. The molecule has 6 nitrogen and oxygen atoms in total. The number of aromatic hydroxyl groups is 1. The van der Waals surface area contributed by atoms with E-state index in [-0.39, 0.29) is 5.75 Å². The number of nitrogens with one attached hydrogen (secondary N) is 1. The number of nitrogens with zero attached hydrogens (tertiary/aromatic N) is 3. The Balaban J connectivity index is 1.49. The van der Waals surface area contributed by atoms with Gasteiger partial charge in [0.25, 0.3) is 0 Å². The van der Waals surface area contributed by atoms with Crippen LogP contribution >= 0.6 is 0 Å². The maximum atomic E-state index is 10.3. The third-order valence-electron chi connectivity index (χ3n) is 5.06. The second kappa shape index (κ2) is 7.91. The minimum atomic E-state index is 0.142. The van der Waals surface area contributed by atoms with Gasteiger partial charge in [0.15, 0.2) is 11.6 Å². The van der Waals surface area contributed by atoms with Crippen molar-refractivity contribution in [3.63, 3.8) is 0 Å². The fraction of sp³-hybridized carbons (Fsp3) is 0.0800. The number of fused-ring (bicyclic) bond motifs is 1. The van der Waals surface area contributed by atoms with Gasteiger partial charge in [-0.2, -0.15) is 0 Å².